The zero-order chi connectivity index (χ0) is 21.4. The summed E-state index contributed by atoms with van der Waals surface area (Å²) in [5.74, 6) is -0.773. The molecule has 0 aliphatic heterocycles. The van der Waals surface area contributed by atoms with Gasteiger partial charge in [0.15, 0.2) is 0 Å². The molecule has 158 valence electrons. The van der Waals surface area contributed by atoms with Crippen molar-refractivity contribution in [2.75, 3.05) is 11.9 Å². The number of benzene rings is 1. The van der Waals surface area contributed by atoms with Crippen molar-refractivity contribution >= 4 is 23.2 Å². The number of aryl methyl sites for hydroxylation is 2. The Kier molecular flexibility index (Phi) is 8.82. The second-order valence-electron chi connectivity index (χ2n) is 7.17. The summed E-state index contributed by atoms with van der Waals surface area (Å²) in [7, 11) is 0. The molecule has 0 aliphatic carbocycles. The third-order valence-electron chi connectivity index (χ3n) is 4.77. The van der Waals surface area contributed by atoms with Crippen LogP contribution in [0.3, 0.4) is 0 Å². The topological polar surface area (TPSA) is 86.3 Å². The molecule has 2 aromatic rings. The van der Waals surface area contributed by atoms with Crippen LogP contribution in [0.1, 0.15) is 49.0 Å². The quantitative estimate of drug-likeness (QED) is 0.260. The first-order valence-electron chi connectivity index (χ1n) is 9.64. The highest BCUT2D eigenvalue weighted by atomic mass is 35.5. The molecule has 1 aromatic carbocycles. The van der Waals surface area contributed by atoms with Crippen molar-refractivity contribution in [3.8, 4) is 0 Å². The standard InChI is InChI=1S/C21H28ClFN4O2/c1-13-10-17(11-14(2)20(13)23)26-19(21(28)27-29)6-4-5-9-24-15(3)18-8-7-16(22)12-25-18/h7-8,10-12,15,19,24,26,29H,4-6,9H2,1-3H3,(H,27,28)/t15-,19-/m1/s1. The lowest BCUT2D eigenvalue weighted by molar-refractivity contribution is -0.130. The van der Waals surface area contributed by atoms with Gasteiger partial charge in [0.05, 0.1) is 10.7 Å². The van der Waals surface area contributed by atoms with Crippen LogP contribution in [0.25, 0.3) is 0 Å². The van der Waals surface area contributed by atoms with E-state index in [1.165, 1.54) is 0 Å². The molecule has 1 heterocycles. The number of nitrogens with one attached hydrogen (secondary N) is 3. The summed E-state index contributed by atoms with van der Waals surface area (Å²) in [6, 6.07) is 6.49. The maximum atomic E-state index is 13.8. The maximum Gasteiger partial charge on any atom is 0.265 e. The highest BCUT2D eigenvalue weighted by Gasteiger charge is 2.18. The minimum Gasteiger partial charge on any atom is -0.374 e. The molecular weight excluding hydrogens is 395 g/mol. The van der Waals surface area contributed by atoms with Gasteiger partial charge in [0.2, 0.25) is 0 Å². The molecule has 1 amide bonds. The van der Waals surface area contributed by atoms with Gasteiger partial charge in [-0.1, -0.05) is 11.6 Å². The van der Waals surface area contributed by atoms with Crippen LogP contribution in [-0.4, -0.2) is 28.7 Å². The van der Waals surface area contributed by atoms with Crippen LogP contribution in [-0.2, 0) is 4.79 Å². The molecule has 8 heteroatoms. The van der Waals surface area contributed by atoms with Crippen molar-refractivity contribution in [2.24, 2.45) is 0 Å². The average Bonchev–Trinajstić information content (AvgIpc) is 2.70. The van der Waals surface area contributed by atoms with Gasteiger partial charge >= 0.3 is 0 Å². The number of hydrogen-bond donors (Lipinski definition) is 4. The van der Waals surface area contributed by atoms with E-state index in [0.29, 0.717) is 28.3 Å². The Morgan fingerprint density at radius 3 is 2.52 bits per heavy atom. The molecule has 0 unspecified atom stereocenters. The van der Waals surface area contributed by atoms with Gasteiger partial charge in [-0.3, -0.25) is 15.0 Å². The van der Waals surface area contributed by atoms with E-state index >= 15 is 0 Å². The highest BCUT2D eigenvalue weighted by Crippen LogP contribution is 2.20. The maximum absolute atomic E-state index is 13.8. The van der Waals surface area contributed by atoms with Crippen molar-refractivity contribution in [1.82, 2.24) is 15.8 Å². The Morgan fingerprint density at radius 2 is 1.93 bits per heavy atom. The summed E-state index contributed by atoms with van der Waals surface area (Å²) in [6.45, 7) is 6.14. The Labute approximate surface area is 175 Å². The van der Waals surface area contributed by atoms with Crippen LogP contribution in [0.15, 0.2) is 30.5 Å². The third kappa shape index (κ3) is 6.96. The molecule has 0 bridgehead atoms. The summed E-state index contributed by atoms with van der Waals surface area (Å²) in [5, 5.41) is 16.1. The van der Waals surface area contributed by atoms with Crippen LogP contribution < -0.4 is 16.1 Å². The van der Waals surface area contributed by atoms with Gasteiger partial charge in [-0.25, -0.2) is 9.87 Å². The van der Waals surface area contributed by atoms with Crippen LogP contribution in [0, 0.1) is 19.7 Å². The number of hydrogen-bond acceptors (Lipinski definition) is 5. The first kappa shape index (κ1) is 23.1. The van der Waals surface area contributed by atoms with E-state index in [1.807, 2.05) is 19.1 Å². The zero-order valence-corrected chi connectivity index (χ0v) is 17.7. The number of amides is 1. The number of hydroxylamine groups is 1. The third-order valence-corrected chi connectivity index (χ3v) is 4.99. The molecule has 4 N–H and O–H groups in total. The van der Waals surface area contributed by atoms with Crippen molar-refractivity contribution in [1.29, 1.82) is 0 Å². The van der Waals surface area contributed by atoms with Gasteiger partial charge in [-0.05, 0) is 82.0 Å². The van der Waals surface area contributed by atoms with E-state index in [-0.39, 0.29) is 11.9 Å². The number of anilines is 1. The Hall–Kier alpha value is -2.22. The van der Waals surface area contributed by atoms with Crippen molar-refractivity contribution in [3.63, 3.8) is 0 Å². The molecule has 6 nitrogen and oxygen atoms in total. The fourth-order valence-electron chi connectivity index (χ4n) is 3.12. The summed E-state index contributed by atoms with van der Waals surface area (Å²) >= 11 is 5.85. The molecule has 0 fully saturated rings. The predicted molar refractivity (Wildman–Crippen MR) is 113 cm³/mol. The number of aromatic nitrogens is 1. The smallest absolute Gasteiger partial charge is 0.265 e. The number of halogens is 2. The van der Waals surface area contributed by atoms with Gasteiger partial charge in [0.1, 0.15) is 11.9 Å². The van der Waals surface area contributed by atoms with Crippen LogP contribution in [0.5, 0.6) is 0 Å². The van der Waals surface area contributed by atoms with E-state index in [9.17, 15) is 9.18 Å². The van der Waals surface area contributed by atoms with E-state index in [0.717, 1.165) is 25.1 Å². The Morgan fingerprint density at radius 1 is 1.24 bits per heavy atom. The van der Waals surface area contributed by atoms with Crippen LogP contribution >= 0.6 is 11.6 Å². The van der Waals surface area contributed by atoms with Crippen molar-refractivity contribution in [2.45, 2.75) is 52.1 Å². The molecular formula is C21H28ClFN4O2. The predicted octanol–water partition coefficient (Wildman–Crippen LogP) is 4.30. The van der Waals surface area contributed by atoms with Crippen LogP contribution in [0.2, 0.25) is 5.02 Å². The number of nitrogens with zero attached hydrogens (tertiary/aromatic N) is 1. The molecule has 2 rings (SSSR count). The molecule has 29 heavy (non-hydrogen) atoms. The lowest BCUT2D eigenvalue weighted by Gasteiger charge is -2.19. The fraction of sp³-hybridized carbons (Fsp3) is 0.429. The second-order valence-corrected chi connectivity index (χ2v) is 7.61. The number of rotatable bonds is 10. The number of carbonyl (C=O) groups excluding carboxylic acids is 1. The average molecular weight is 423 g/mol. The summed E-state index contributed by atoms with van der Waals surface area (Å²) in [6.07, 6.45) is 3.75. The summed E-state index contributed by atoms with van der Waals surface area (Å²) < 4.78 is 13.8. The molecule has 0 saturated heterocycles. The normalized spacial score (nSPS) is 13.0. The fourth-order valence-corrected chi connectivity index (χ4v) is 3.23. The lowest BCUT2D eigenvalue weighted by Crippen LogP contribution is -2.38. The van der Waals surface area contributed by atoms with Gasteiger partial charge < -0.3 is 10.6 Å². The Balaban J connectivity index is 1.83. The number of carbonyl (C=O) groups is 1. The SMILES string of the molecule is Cc1cc(N[C@H](CCCCN[C@H](C)c2ccc(Cl)cn2)C(=O)NO)cc(C)c1F. The second kappa shape index (κ2) is 11.1. The van der Waals surface area contributed by atoms with E-state index in [1.54, 1.807) is 37.7 Å². The Bertz CT molecular complexity index is 794. The van der Waals surface area contributed by atoms with E-state index < -0.39 is 11.9 Å². The first-order valence-corrected chi connectivity index (χ1v) is 10.0. The van der Waals surface area contributed by atoms with Crippen molar-refractivity contribution < 1.29 is 14.4 Å². The van der Waals surface area contributed by atoms with Gasteiger partial charge in [0, 0.05) is 17.9 Å². The number of unbranched alkanes of at least 4 members (excludes halogenated alkanes) is 1. The van der Waals surface area contributed by atoms with Gasteiger partial charge in [0.25, 0.3) is 5.91 Å². The van der Waals surface area contributed by atoms with Crippen molar-refractivity contribution in [3.05, 3.63) is 58.1 Å². The molecule has 0 aliphatic rings. The molecule has 0 saturated carbocycles. The summed E-state index contributed by atoms with van der Waals surface area (Å²) in [5.41, 5.74) is 4.27. The summed E-state index contributed by atoms with van der Waals surface area (Å²) in [4.78, 5) is 16.3. The minimum atomic E-state index is -0.611. The molecule has 2 atom stereocenters. The minimum absolute atomic E-state index is 0.0899. The number of pyridine rings is 1. The van der Waals surface area contributed by atoms with Crippen LogP contribution in [0.4, 0.5) is 10.1 Å². The first-order chi connectivity index (χ1) is 13.8. The van der Waals surface area contributed by atoms with E-state index in [4.69, 9.17) is 16.8 Å². The molecule has 0 radical (unpaired) electrons. The van der Waals surface area contributed by atoms with E-state index in [2.05, 4.69) is 15.6 Å². The zero-order valence-electron chi connectivity index (χ0n) is 16.9. The highest BCUT2D eigenvalue weighted by molar-refractivity contribution is 6.30. The monoisotopic (exact) mass is 422 g/mol. The van der Waals surface area contributed by atoms with Gasteiger partial charge in [-0.15, -0.1) is 0 Å². The molecule has 0 spiro atoms. The largest absolute Gasteiger partial charge is 0.374 e. The lowest BCUT2D eigenvalue weighted by atomic mass is 10.1. The molecule has 1 aromatic heterocycles. The van der Waals surface area contributed by atoms with Gasteiger partial charge in [-0.2, -0.15) is 0 Å².